The minimum Gasteiger partial charge on any atom is -0.497 e. The maximum atomic E-state index is 13.5. The van der Waals surface area contributed by atoms with E-state index in [-0.39, 0.29) is 11.5 Å². The molecule has 1 saturated heterocycles. The molecule has 0 aliphatic carbocycles. The third kappa shape index (κ3) is 5.91. The number of aromatic nitrogens is 1. The lowest BCUT2D eigenvalue weighted by molar-refractivity contribution is -0.127. The highest BCUT2D eigenvalue weighted by Crippen LogP contribution is 2.18. The van der Waals surface area contributed by atoms with Gasteiger partial charge < -0.3 is 9.64 Å². The van der Waals surface area contributed by atoms with Crippen LogP contribution in [0.1, 0.15) is 11.1 Å². The van der Waals surface area contributed by atoms with Crippen LogP contribution in [0, 0.1) is 0 Å². The van der Waals surface area contributed by atoms with Gasteiger partial charge in [-0.15, -0.1) is 0 Å². The lowest BCUT2D eigenvalue weighted by Crippen LogP contribution is -2.49. The van der Waals surface area contributed by atoms with Gasteiger partial charge in [-0.1, -0.05) is 60.7 Å². The van der Waals surface area contributed by atoms with Gasteiger partial charge in [0.05, 0.1) is 7.11 Å². The molecule has 1 aromatic heterocycles. The van der Waals surface area contributed by atoms with Crippen LogP contribution in [0.4, 0.5) is 0 Å². The van der Waals surface area contributed by atoms with Crippen LogP contribution in [0.2, 0.25) is 0 Å². The second-order valence-electron chi connectivity index (χ2n) is 8.12. The molecule has 1 fully saturated rings. The number of ether oxygens (including phenoxy) is 1. The van der Waals surface area contributed by atoms with Crippen molar-refractivity contribution in [2.75, 3.05) is 39.8 Å². The van der Waals surface area contributed by atoms with Crippen molar-refractivity contribution < 1.29 is 9.53 Å². The van der Waals surface area contributed by atoms with Crippen molar-refractivity contribution in [1.29, 1.82) is 0 Å². The second-order valence-corrected chi connectivity index (χ2v) is 8.12. The molecular weight excluding hydrogens is 426 g/mol. The fourth-order valence-corrected chi connectivity index (χ4v) is 3.92. The maximum Gasteiger partial charge on any atom is 0.271 e. The minimum atomic E-state index is -0.236. The number of piperazine rings is 1. The van der Waals surface area contributed by atoms with Gasteiger partial charge in [0.1, 0.15) is 11.4 Å². The number of carbonyl (C=O) groups excluding carboxylic acids is 1. The largest absolute Gasteiger partial charge is 0.497 e. The van der Waals surface area contributed by atoms with E-state index in [1.54, 1.807) is 31.5 Å². The summed E-state index contributed by atoms with van der Waals surface area (Å²) >= 11 is 0. The summed E-state index contributed by atoms with van der Waals surface area (Å²) in [4.78, 5) is 30.2. The molecule has 174 valence electrons. The zero-order chi connectivity index (χ0) is 23.8. The van der Waals surface area contributed by atoms with Crippen molar-refractivity contribution in [3.05, 3.63) is 107 Å². The summed E-state index contributed by atoms with van der Waals surface area (Å²) in [5.41, 5.74) is 2.11. The summed E-state index contributed by atoms with van der Waals surface area (Å²) in [5, 5.41) is 0. The summed E-state index contributed by atoms with van der Waals surface area (Å²) in [5.74, 6) is 0.586. The SMILES string of the molecule is COc1ccc(/C=C(\C(=O)N2CCN(C/C=C/c3ccccc3)CC2)n2ccccc2=O)cc1. The maximum absolute atomic E-state index is 13.5. The van der Waals surface area contributed by atoms with Crippen LogP contribution < -0.4 is 10.3 Å². The molecule has 0 radical (unpaired) electrons. The third-order valence-corrected chi connectivity index (χ3v) is 5.85. The fraction of sp³-hybridized carbons (Fsp3) is 0.214. The number of hydrogen-bond acceptors (Lipinski definition) is 4. The zero-order valence-electron chi connectivity index (χ0n) is 19.3. The number of rotatable bonds is 7. The van der Waals surface area contributed by atoms with Crippen LogP contribution in [0.15, 0.2) is 89.9 Å². The van der Waals surface area contributed by atoms with Crippen molar-refractivity contribution in [2.24, 2.45) is 0 Å². The molecule has 1 aliphatic heterocycles. The summed E-state index contributed by atoms with van der Waals surface area (Å²) in [6, 6.07) is 22.5. The highest BCUT2D eigenvalue weighted by molar-refractivity contribution is 6.18. The topological polar surface area (TPSA) is 54.8 Å². The molecule has 6 nitrogen and oxygen atoms in total. The van der Waals surface area contributed by atoms with Gasteiger partial charge >= 0.3 is 0 Å². The second kappa shape index (κ2) is 11.3. The Morgan fingerprint density at radius 1 is 0.882 bits per heavy atom. The molecule has 34 heavy (non-hydrogen) atoms. The molecule has 0 atom stereocenters. The van der Waals surface area contributed by atoms with Crippen LogP contribution in [-0.2, 0) is 4.79 Å². The number of nitrogens with zero attached hydrogens (tertiary/aromatic N) is 3. The van der Waals surface area contributed by atoms with Gasteiger partial charge in [-0.25, -0.2) is 0 Å². The Bertz CT molecular complexity index is 1210. The molecule has 0 spiro atoms. The molecule has 0 saturated carbocycles. The fourth-order valence-electron chi connectivity index (χ4n) is 3.92. The van der Waals surface area contributed by atoms with Gasteiger partial charge in [0.15, 0.2) is 0 Å². The van der Waals surface area contributed by atoms with Gasteiger partial charge in [0.2, 0.25) is 0 Å². The highest BCUT2D eigenvalue weighted by Gasteiger charge is 2.24. The minimum absolute atomic E-state index is 0.149. The molecule has 0 N–H and O–H groups in total. The average molecular weight is 456 g/mol. The van der Waals surface area contributed by atoms with Crippen LogP contribution in [0.5, 0.6) is 5.75 Å². The van der Waals surface area contributed by atoms with E-state index < -0.39 is 0 Å². The Balaban J connectivity index is 1.46. The summed E-state index contributed by atoms with van der Waals surface area (Å²) in [6.07, 6.45) is 7.68. The Morgan fingerprint density at radius 3 is 2.26 bits per heavy atom. The number of methoxy groups -OCH3 is 1. The predicted molar refractivity (Wildman–Crippen MR) is 136 cm³/mol. The van der Waals surface area contributed by atoms with E-state index in [2.05, 4.69) is 29.2 Å². The van der Waals surface area contributed by atoms with Crippen LogP contribution in [0.25, 0.3) is 17.8 Å². The van der Waals surface area contributed by atoms with E-state index in [4.69, 9.17) is 4.74 Å². The quantitative estimate of drug-likeness (QED) is 0.510. The lowest BCUT2D eigenvalue weighted by atomic mass is 10.1. The molecule has 0 bridgehead atoms. The zero-order valence-corrected chi connectivity index (χ0v) is 19.3. The van der Waals surface area contributed by atoms with Crippen LogP contribution in [0.3, 0.4) is 0 Å². The molecule has 6 heteroatoms. The Kier molecular flexibility index (Phi) is 7.73. The van der Waals surface area contributed by atoms with E-state index >= 15 is 0 Å². The number of carbonyl (C=O) groups is 1. The van der Waals surface area contributed by atoms with E-state index in [0.717, 1.165) is 30.9 Å². The third-order valence-electron chi connectivity index (χ3n) is 5.85. The van der Waals surface area contributed by atoms with E-state index in [9.17, 15) is 9.59 Å². The van der Waals surface area contributed by atoms with Crippen molar-refractivity contribution in [3.63, 3.8) is 0 Å². The highest BCUT2D eigenvalue weighted by atomic mass is 16.5. The van der Waals surface area contributed by atoms with Gasteiger partial charge in [-0.3, -0.25) is 19.1 Å². The standard InChI is InChI=1S/C28H29N3O3/c1-34-25-14-12-24(13-15-25)22-26(31-17-6-5-11-27(31)32)28(33)30-20-18-29(19-21-30)16-7-10-23-8-3-2-4-9-23/h2-15,17,22H,16,18-21H2,1H3/b10-7+,26-22+. The average Bonchev–Trinajstić information content (AvgIpc) is 2.89. The molecule has 2 aromatic carbocycles. The van der Waals surface area contributed by atoms with Crippen molar-refractivity contribution in [2.45, 2.75) is 0 Å². The number of pyridine rings is 1. The lowest BCUT2D eigenvalue weighted by Gasteiger charge is -2.34. The molecule has 0 unspecified atom stereocenters. The number of benzene rings is 2. The van der Waals surface area contributed by atoms with Gasteiger partial charge in [0.25, 0.3) is 11.5 Å². The molecule has 3 aromatic rings. The normalized spacial score (nSPS) is 15.0. The van der Waals surface area contributed by atoms with E-state index in [1.165, 1.54) is 16.2 Å². The van der Waals surface area contributed by atoms with Crippen LogP contribution >= 0.6 is 0 Å². The van der Waals surface area contributed by atoms with Crippen molar-refractivity contribution in [1.82, 2.24) is 14.4 Å². The van der Waals surface area contributed by atoms with E-state index in [1.807, 2.05) is 47.4 Å². The molecule has 2 heterocycles. The number of amides is 1. The summed E-state index contributed by atoms with van der Waals surface area (Å²) < 4.78 is 6.64. The molecule has 4 rings (SSSR count). The molecule has 1 aliphatic rings. The molecule has 1 amide bonds. The Morgan fingerprint density at radius 2 is 1.59 bits per heavy atom. The Hall–Kier alpha value is -3.90. The van der Waals surface area contributed by atoms with Gasteiger partial charge in [-0.2, -0.15) is 0 Å². The summed E-state index contributed by atoms with van der Waals surface area (Å²) in [7, 11) is 1.61. The first-order chi connectivity index (χ1) is 16.6. The van der Waals surface area contributed by atoms with Crippen molar-refractivity contribution in [3.8, 4) is 5.75 Å². The Labute approximate surface area is 200 Å². The first kappa shape index (κ1) is 23.3. The monoisotopic (exact) mass is 455 g/mol. The van der Waals surface area contributed by atoms with E-state index in [0.29, 0.717) is 18.8 Å². The van der Waals surface area contributed by atoms with Crippen LogP contribution in [-0.4, -0.2) is 60.1 Å². The van der Waals surface area contributed by atoms with Gasteiger partial charge in [0, 0.05) is 45.0 Å². The predicted octanol–water partition coefficient (Wildman–Crippen LogP) is 3.71. The first-order valence-corrected chi connectivity index (χ1v) is 11.4. The molecular formula is C28H29N3O3. The van der Waals surface area contributed by atoms with Crippen molar-refractivity contribution >= 4 is 23.8 Å². The first-order valence-electron chi connectivity index (χ1n) is 11.4. The van der Waals surface area contributed by atoms with Gasteiger partial charge in [-0.05, 0) is 35.4 Å². The smallest absolute Gasteiger partial charge is 0.271 e. The summed E-state index contributed by atoms with van der Waals surface area (Å²) in [6.45, 7) is 3.62. The number of hydrogen-bond donors (Lipinski definition) is 0.